The molecule has 0 aliphatic carbocycles. The van der Waals surface area contributed by atoms with Crippen LogP contribution in [-0.4, -0.2) is 10.9 Å². The van der Waals surface area contributed by atoms with Gasteiger partial charge < -0.3 is 5.11 Å². The Morgan fingerprint density at radius 1 is 1.40 bits per heavy atom. The Labute approximate surface area is 90.9 Å². The number of benzene rings is 1. The van der Waals surface area contributed by atoms with Gasteiger partial charge in [-0.1, -0.05) is 44.2 Å². The molecule has 0 amide bonds. The first-order valence-electron chi connectivity index (χ1n) is 5.30. The molecule has 0 spiro atoms. The molecule has 0 bridgehead atoms. The number of carbonyl (C=O) groups excluding carboxylic acids is 1. The van der Waals surface area contributed by atoms with Crippen molar-refractivity contribution in [2.75, 3.05) is 0 Å². The van der Waals surface area contributed by atoms with Gasteiger partial charge in [-0.15, -0.1) is 0 Å². The third-order valence-electron chi connectivity index (χ3n) is 3.03. The molecule has 1 aromatic rings. The highest BCUT2D eigenvalue weighted by Crippen LogP contribution is 2.30. The molecule has 0 saturated carbocycles. The lowest BCUT2D eigenvalue weighted by Gasteiger charge is -2.29. The fourth-order valence-electron chi connectivity index (χ4n) is 1.65. The molecule has 0 fully saturated rings. The largest absolute Gasteiger partial charge is 0.385 e. The Balaban J connectivity index is 2.97. The van der Waals surface area contributed by atoms with Crippen LogP contribution >= 0.6 is 0 Å². The minimum atomic E-state index is -1.08. The van der Waals surface area contributed by atoms with E-state index in [2.05, 4.69) is 0 Å². The van der Waals surface area contributed by atoms with Crippen LogP contribution in [0.5, 0.6) is 0 Å². The predicted octanol–water partition coefficient (Wildman–Crippen LogP) is 2.51. The van der Waals surface area contributed by atoms with Crippen molar-refractivity contribution in [3.8, 4) is 0 Å². The van der Waals surface area contributed by atoms with E-state index in [0.717, 1.165) is 5.56 Å². The van der Waals surface area contributed by atoms with E-state index >= 15 is 0 Å². The molecule has 0 saturated heterocycles. The summed E-state index contributed by atoms with van der Waals surface area (Å²) in [6.45, 7) is 5.29. The number of hydrogen-bond donors (Lipinski definition) is 1. The molecule has 0 aliphatic heterocycles. The van der Waals surface area contributed by atoms with Crippen LogP contribution in [0.4, 0.5) is 0 Å². The Morgan fingerprint density at radius 3 is 2.40 bits per heavy atom. The molecule has 1 rings (SSSR count). The lowest BCUT2D eigenvalue weighted by atomic mass is 9.81. The van der Waals surface area contributed by atoms with E-state index in [4.69, 9.17) is 0 Å². The van der Waals surface area contributed by atoms with E-state index in [0.29, 0.717) is 6.42 Å². The van der Waals surface area contributed by atoms with Crippen molar-refractivity contribution in [3.63, 3.8) is 0 Å². The number of Topliss-reactive ketones (excluding diaryl/α,β-unsaturated/α-hetero) is 1. The zero-order valence-corrected chi connectivity index (χ0v) is 9.53. The lowest BCUT2D eigenvalue weighted by molar-refractivity contribution is -0.130. The summed E-state index contributed by atoms with van der Waals surface area (Å²) >= 11 is 0. The van der Waals surface area contributed by atoms with Crippen molar-refractivity contribution >= 4 is 5.78 Å². The highest BCUT2D eigenvalue weighted by Gasteiger charge is 2.33. The van der Waals surface area contributed by atoms with Gasteiger partial charge in [0.05, 0.1) is 5.60 Å². The van der Waals surface area contributed by atoms with Crippen LogP contribution in [0.15, 0.2) is 30.3 Å². The fourth-order valence-corrected chi connectivity index (χ4v) is 1.65. The summed E-state index contributed by atoms with van der Waals surface area (Å²) in [7, 11) is 0. The average molecular weight is 206 g/mol. The predicted molar refractivity (Wildman–Crippen MR) is 60.5 cm³/mol. The van der Waals surface area contributed by atoms with Crippen LogP contribution in [0.2, 0.25) is 0 Å². The van der Waals surface area contributed by atoms with E-state index in [9.17, 15) is 9.90 Å². The van der Waals surface area contributed by atoms with E-state index in [1.54, 1.807) is 13.8 Å². The Bertz CT molecular complexity index is 328. The van der Waals surface area contributed by atoms with Gasteiger partial charge >= 0.3 is 0 Å². The molecule has 2 heteroatoms. The molecule has 15 heavy (non-hydrogen) atoms. The van der Waals surface area contributed by atoms with Crippen LogP contribution in [-0.2, 0) is 10.4 Å². The zero-order valence-electron chi connectivity index (χ0n) is 9.53. The second-order valence-corrected chi connectivity index (χ2v) is 4.06. The number of aliphatic hydroxyl groups is 1. The van der Waals surface area contributed by atoms with Gasteiger partial charge in [0.2, 0.25) is 0 Å². The summed E-state index contributed by atoms with van der Waals surface area (Å²) < 4.78 is 0. The highest BCUT2D eigenvalue weighted by atomic mass is 16.3. The van der Waals surface area contributed by atoms with Gasteiger partial charge in [0, 0.05) is 12.3 Å². The molecule has 1 N–H and O–H groups in total. The van der Waals surface area contributed by atoms with Crippen LogP contribution in [0, 0.1) is 5.92 Å². The van der Waals surface area contributed by atoms with Crippen molar-refractivity contribution in [1.82, 2.24) is 0 Å². The number of hydrogen-bond acceptors (Lipinski definition) is 2. The molecule has 0 heterocycles. The standard InChI is InChI=1S/C13H18O2/c1-4-12(14)10(2)13(3,15)11-8-6-5-7-9-11/h5-10,15H,4H2,1-3H3/t10-,13+/m0/s1. The van der Waals surface area contributed by atoms with Crippen molar-refractivity contribution in [2.45, 2.75) is 32.8 Å². The van der Waals surface area contributed by atoms with E-state index in [1.807, 2.05) is 37.3 Å². The Hall–Kier alpha value is -1.15. The smallest absolute Gasteiger partial charge is 0.138 e. The van der Waals surface area contributed by atoms with Gasteiger partial charge in [-0.3, -0.25) is 4.79 Å². The van der Waals surface area contributed by atoms with Crippen molar-refractivity contribution in [3.05, 3.63) is 35.9 Å². The number of ketones is 1. The third-order valence-corrected chi connectivity index (χ3v) is 3.03. The zero-order chi connectivity index (χ0) is 11.5. The first-order valence-corrected chi connectivity index (χ1v) is 5.30. The molecule has 82 valence electrons. The number of carbonyl (C=O) groups is 1. The van der Waals surface area contributed by atoms with Gasteiger partial charge in [-0.05, 0) is 12.5 Å². The minimum absolute atomic E-state index is 0.0869. The second kappa shape index (κ2) is 4.58. The number of rotatable bonds is 4. The molecule has 0 radical (unpaired) electrons. The molecule has 0 aliphatic rings. The van der Waals surface area contributed by atoms with E-state index in [-0.39, 0.29) is 11.7 Å². The van der Waals surface area contributed by atoms with E-state index in [1.165, 1.54) is 0 Å². The average Bonchev–Trinajstić information content (AvgIpc) is 2.28. The minimum Gasteiger partial charge on any atom is -0.385 e. The van der Waals surface area contributed by atoms with Crippen LogP contribution in [0.3, 0.4) is 0 Å². The lowest BCUT2D eigenvalue weighted by Crippen LogP contribution is -2.34. The summed E-state index contributed by atoms with van der Waals surface area (Å²) in [4.78, 5) is 11.6. The summed E-state index contributed by atoms with van der Waals surface area (Å²) in [6.07, 6.45) is 0.462. The van der Waals surface area contributed by atoms with E-state index < -0.39 is 5.60 Å². The topological polar surface area (TPSA) is 37.3 Å². The van der Waals surface area contributed by atoms with Gasteiger partial charge in [-0.25, -0.2) is 0 Å². The normalized spacial score (nSPS) is 16.8. The molecule has 0 unspecified atom stereocenters. The van der Waals surface area contributed by atoms with Crippen LogP contribution in [0.25, 0.3) is 0 Å². The molecular weight excluding hydrogens is 188 g/mol. The highest BCUT2D eigenvalue weighted by molar-refractivity contribution is 5.81. The summed E-state index contributed by atoms with van der Waals surface area (Å²) in [5, 5.41) is 10.3. The molecule has 1 aromatic carbocycles. The Kier molecular flexibility index (Phi) is 3.64. The van der Waals surface area contributed by atoms with Crippen molar-refractivity contribution < 1.29 is 9.90 Å². The molecule has 0 aromatic heterocycles. The monoisotopic (exact) mass is 206 g/mol. The van der Waals surface area contributed by atoms with Crippen molar-refractivity contribution in [2.24, 2.45) is 5.92 Å². The third kappa shape index (κ3) is 2.45. The second-order valence-electron chi connectivity index (χ2n) is 4.06. The van der Waals surface area contributed by atoms with Crippen molar-refractivity contribution in [1.29, 1.82) is 0 Å². The summed E-state index contributed by atoms with van der Waals surface area (Å²) in [6, 6.07) is 9.32. The van der Waals surface area contributed by atoms with Gasteiger partial charge in [0.15, 0.2) is 0 Å². The first kappa shape index (κ1) is 11.9. The first-order chi connectivity index (χ1) is 7.00. The van der Waals surface area contributed by atoms with Crippen LogP contribution in [0.1, 0.15) is 32.8 Å². The fraction of sp³-hybridized carbons (Fsp3) is 0.462. The van der Waals surface area contributed by atoms with Gasteiger partial charge in [0.25, 0.3) is 0 Å². The quantitative estimate of drug-likeness (QED) is 0.821. The van der Waals surface area contributed by atoms with Gasteiger partial charge in [0.1, 0.15) is 5.78 Å². The Morgan fingerprint density at radius 2 is 1.93 bits per heavy atom. The molecular formula is C13H18O2. The van der Waals surface area contributed by atoms with Crippen LogP contribution < -0.4 is 0 Å². The summed E-state index contributed by atoms with van der Waals surface area (Å²) in [5.41, 5.74) is -0.284. The SMILES string of the molecule is CCC(=O)[C@H](C)[C@@](C)(O)c1ccccc1. The summed E-state index contributed by atoms with van der Waals surface area (Å²) in [5.74, 6) is -0.284. The molecule has 2 atom stereocenters. The maximum Gasteiger partial charge on any atom is 0.138 e. The van der Waals surface area contributed by atoms with Gasteiger partial charge in [-0.2, -0.15) is 0 Å². The molecule has 2 nitrogen and oxygen atoms in total. The maximum absolute atomic E-state index is 11.6. The maximum atomic E-state index is 11.6.